The molecule has 2 heterocycles. The molecule has 2 rings (SSSR count). The van der Waals surface area contributed by atoms with Gasteiger partial charge in [0, 0.05) is 18.8 Å². The number of aromatic nitrogens is 2. The van der Waals surface area contributed by atoms with Crippen molar-refractivity contribution >= 4 is 11.9 Å². The number of nitrogens with zero attached hydrogens (tertiary/aromatic N) is 3. The topological polar surface area (TPSA) is 55.3 Å². The van der Waals surface area contributed by atoms with Crippen molar-refractivity contribution in [3.8, 4) is 0 Å². The highest BCUT2D eigenvalue weighted by Gasteiger charge is 2.35. The van der Waals surface area contributed by atoms with Crippen LogP contribution in [0, 0.1) is 12.8 Å². The van der Waals surface area contributed by atoms with Crippen LogP contribution < -0.4 is 4.90 Å². The monoisotopic (exact) mass is 317 g/mol. The zero-order valence-electron chi connectivity index (χ0n) is 12.5. The van der Waals surface area contributed by atoms with Crippen LogP contribution in [0.4, 0.5) is 19.1 Å². The first-order valence-corrected chi connectivity index (χ1v) is 7.15. The maximum Gasteiger partial charge on any atom is 0.433 e. The molecule has 1 aromatic rings. The average molecular weight is 317 g/mol. The van der Waals surface area contributed by atoms with E-state index in [1.807, 2.05) is 0 Å². The fraction of sp³-hybridized carbons (Fsp3) is 0.643. The molecule has 1 unspecified atom stereocenters. The lowest BCUT2D eigenvalue weighted by Crippen LogP contribution is -2.40. The summed E-state index contributed by atoms with van der Waals surface area (Å²) in [5, 5.41) is 0. The molecule has 1 aliphatic heterocycles. The van der Waals surface area contributed by atoms with E-state index >= 15 is 0 Å². The van der Waals surface area contributed by atoms with Crippen molar-refractivity contribution in [1.29, 1.82) is 0 Å². The number of rotatable bonds is 3. The molecular formula is C14H18F3N3O2. The fourth-order valence-electron chi connectivity index (χ4n) is 2.45. The lowest BCUT2D eigenvalue weighted by atomic mass is 9.98. The molecule has 0 aliphatic carbocycles. The number of hydrogen-bond acceptors (Lipinski definition) is 5. The van der Waals surface area contributed by atoms with Crippen molar-refractivity contribution in [2.24, 2.45) is 5.92 Å². The third-order valence-electron chi connectivity index (χ3n) is 3.46. The van der Waals surface area contributed by atoms with Gasteiger partial charge in [0.1, 0.15) is 5.69 Å². The van der Waals surface area contributed by atoms with Crippen LogP contribution in [0.1, 0.15) is 31.2 Å². The van der Waals surface area contributed by atoms with Gasteiger partial charge in [-0.15, -0.1) is 0 Å². The molecule has 0 amide bonds. The Morgan fingerprint density at radius 2 is 2.18 bits per heavy atom. The first kappa shape index (κ1) is 16.5. The van der Waals surface area contributed by atoms with Crippen LogP contribution in [0.25, 0.3) is 0 Å². The molecule has 1 aromatic heterocycles. The fourth-order valence-corrected chi connectivity index (χ4v) is 2.45. The molecule has 5 nitrogen and oxygen atoms in total. The van der Waals surface area contributed by atoms with E-state index in [1.54, 1.807) is 11.8 Å². The van der Waals surface area contributed by atoms with E-state index in [0.717, 1.165) is 6.07 Å². The number of aryl methyl sites for hydroxylation is 1. The van der Waals surface area contributed by atoms with Crippen molar-refractivity contribution in [3.05, 3.63) is 17.5 Å². The molecule has 1 fully saturated rings. The molecule has 1 saturated heterocycles. The van der Waals surface area contributed by atoms with Gasteiger partial charge in [0.25, 0.3) is 0 Å². The molecule has 22 heavy (non-hydrogen) atoms. The molecule has 8 heteroatoms. The molecular weight excluding hydrogens is 299 g/mol. The van der Waals surface area contributed by atoms with Gasteiger partial charge in [-0.05, 0) is 32.8 Å². The summed E-state index contributed by atoms with van der Waals surface area (Å²) < 4.78 is 43.5. The van der Waals surface area contributed by atoms with E-state index in [9.17, 15) is 18.0 Å². The quantitative estimate of drug-likeness (QED) is 0.802. The third kappa shape index (κ3) is 3.86. The van der Waals surface area contributed by atoms with Crippen molar-refractivity contribution < 1.29 is 22.7 Å². The standard InChI is InChI=1S/C14H18F3N3O2/c1-3-22-12(21)10-5-4-6-20(8-10)13-18-9(2)7-11(19-13)14(15,16)17/h7,10H,3-6,8H2,1-2H3. The van der Waals surface area contributed by atoms with Crippen molar-refractivity contribution in [3.63, 3.8) is 0 Å². The van der Waals surface area contributed by atoms with E-state index in [1.165, 1.54) is 6.92 Å². The maximum absolute atomic E-state index is 12.8. The maximum atomic E-state index is 12.8. The highest BCUT2D eigenvalue weighted by molar-refractivity contribution is 5.73. The van der Waals surface area contributed by atoms with Crippen LogP contribution in [-0.4, -0.2) is 35.6 Å². The minimum absolute atomic E-state index is 0.0151. The molecule has 0 bridgehead atoms. The summed E-state index contributed by atoms with van der Waals surface area (Å²) in [5.41, 5.74) is -0.719. The Hall–Kier alpha value is -1.86. The summed E-state index contributed by atoms with van der Waals surface area (Å²) >= 11 is 0. The highest BCUT2D eigenvalue weighted by atomic mass is 19.4. The average Bonchev–Trinajstić information content (AvgIpc) is 2.46. The van der Waals surface area contributed by atoms with E-state index in [-0.39, 0.29) is 36.7 Å². The molecule has 0 saturated carbocycles. The van der Waals surface area contributed by atoms with Gasteiger partial charge >= 0.3 is 12.1 Å². The number of piperidine rings is 1. The molecule has 1 atom stereocenters. The van der Waals surface area contributed by atoms with Crippen LogP contribution >= 0.6 is 0 Å². The van der Waals surface area contributed by atoms with E-state index in [2.05, 4.69) is 9.97 Å². The lowest BCUT2D eigenvalue weighted by Gasteiger charge is -2.31. The molecule has 1 aliphatic rings. The summed E-state index contributed by atoms with van der Waals surface area (Å²) in [6, 6.07) is 0.913. The lowest BCUT2D eigenvalue weighted by molar-refractivity contribution is -0.148. The predicted molar refractivity (Wildman–Crippen MR) is 73.3 cm³/mol. The van der Waals surface area contributed by atoms with Gasteiger partial charge in [0.15, 0.2) is 0 Å². The van der Waals surface area contributed by atoms with Gasteiger partial charge in [0.2, 0.25) is 5.95 Å². The Labute approximate surface area is 126 Å². The van der Waals surface area contributed by atoms with Gasteiger partial charge in [-0.3, -0.25) is 4.79 Å². The third-order valence-corrected chi connectivity index (χ3v) is 3.46. The number of carbonyl (C=O) groups excluding carboxylic acids is 1. The summed E-state index contributed by atoms with van der Waals surface area (Å²) in [6.07, 6.45) is -3.17. The first-order valence-electron chi connectivity index (χ1n) is 7.15. The molecule has 0 radical (unpaired) electrons. The van der Waals surface area contributed by atoms with Gasteiger partial charge in [-0.1, -0.05) is 0 Å². The van der Waals surface area contributed by atoms with Crippen LogP contribution in [0.5, 0.6) is 0 Å². The summed E-state index contributed by atoms with van der Waals surface area (Å²) in [5.74, 6) is -0.663. The summed E-state index contributed by atoms with van der Waals surface area (Å²) in [4.78, 5) is 21.1. The Kier molecular flexibility index (Phi) is 4.87. The molecule has 0 N–H and O–H groups in total. The van der Waals surface area contributed by atoms with Crippen LogP contribution in [0.15, 0.2) is 6.07 Å². The van der Waals surface area contributed by atoms with E-state index < -0.39 is 11.9 Å². The smallest absolute Gasteiger partial charge is 0.433 e. The Balaban J connectivity index is 2.20. The van der Waals surface area contributed by atoms with Crippen LogP contribution in [0.3, 0.4) is 0 Å². The van der Waals surface area contributed by atoms with Crippen molar-refractivity contribution in [1.82, 2.24) is 9.97 Å². The van der Waals surface area contributed by atoms with E-state index in [0.29, 0.717) is 19.4 Å². The van der Waals surface area contributed by atoms with Gasteiger partial charge in [-0.2, -0.15) is 13.2 Å². The predicted octanol–water partition coefficient (Wildman–Crippen LogP) is 2.58. The Morgan fingerprint density at radius 3 is 2.82 bits per heavy atom. The number of hydrogen-bond donors (Lipinski definition) is 0. The largest absolute Gasteiger partial charge is 0.466 e. The Morgan fingerprint density at radius 1 is 1.45 bits per heavy atom. The highest BCUT2D eigenvalue weighted by Crippen LogP contribution is 2.30. The van der Waals surface area contributed by atoms with Crippen LogP contribution in [0.2, 0.25) is 0 Å². The number of halogens is 3. The zero-order chi connectivity index (χ0) is 16.3. The number of anilines is 1. The number of esters is 1. The van der Waals surface area contributed by atoms with Gasteiger partial charge in [-0.25, -0.2) is 9.97 Å². The zero-order valence-corrected chi connectivity index (χ0v) is 12.5. The van der Waals surface area contributed by atoms with Crippen molar-refractivity contribution in [2.75, 3.05) is 24.6 Å². The SMILES string of the molecule is CCOC(=O)C1CCCN(c2nc(C)cc(C(F)(F)F)n2)C1. The number of carbonyl (C=O) groups is 1. The Bertz CT molecular complexity index is 549. The van der Waals surface area contributed by atoms with Crippen molar-refractivity contribution in [2.45, 2.75) is 32.9 Å². The van der Waals surface area contributed by atoms with Gasteiger partial charge in [0.05, 0.1) is 12.5 Å². The van der Waals surface area contributed by atoms with Gasteiger partial charge < -0.3 is 9.64 Å². The summed E-state index contributed by atoms with van der Waals surface area (Å²) in [7, 11) is 0. The minimum Gasteiger partial charge on any atom is -0.466 e. The molecule has 0 spiro atoms. The molecule has 0 aromatic carbocycles. The second-order valence-electron chi connectivity index (χ2n) is 5.23. The minimum atomic E-state index is -4.52. The van der Waals surface area contributed by atoms with Crippen LogP contribution in [-0.2, 0) is 15.7 Å². The second-order valence-corrected chi connectivity index (χ2v) is 5.23. The summed E-state index contributed by atoms with van der Waals surface area (Å²) in [6.45, 7) is 4.30. The van der Waals surface area contributed by atoms with E-state index in [4.69, 9.17) is 4.74 Å². The normalized spacial score (nSPS) is 19.1. The number of ether oxygens (including phenoxy) is 1. The number of alkyl halides is 3. The second kappa shape index (κ2) is 6.50. The molecule has 122 valence electrons. The first-order chi connectivity index (χ1) is 10.3.